The van der Waals surface area contributed by atoms with E-state index >= 15 is 0 Å². The molecular weight excluding hydrogens is 182 g/mol. The number of hydrogen-bond donors (Lipinski definition) is 1. The topological polar surface area (TPSA) is 20.3 Å². The molecule has 0 N–H and O–H groups in total. The normalized spacial score (nSPS) is 14.2. The molecule has 3 heteroatoms. The van der Waals surface area contributed by atoms with Gasteiger partial charge >= 0.3 is 0 Å². The molecule has 1 unspecified atom stereocenters. The first-order valence-corrected chi connectivity index (χ1v) is 5.32. The summed E-state index contributed by atoms with van der Waals surface area (Å²) in [6.07, 6.45) is 0.527. The summed E-state index contributed by atoms with van der Waals surface area (Å²) in [5.41, 5.74) is 0. The molecule has 0 spiro atoms. The molecule has 0 aliphatic heterocycles. The zero-order chi connectivity index (χ0) is 10.6. The second-order valence-electron chi connectivity index (χ2n) is 4.02. The Bertz CT molecular complexity index is 160. The van der Waals surface area contributed by atoms with E-state index in [-0.39, 0.29) is 11.2 Å². The first-order chi connectivity index (χ1) is 5.86. The largest absolute Gasteiger partial charge is 0.300 e. The number of carbonyl (C=O) groups excluding carboxylic acids is 1. The maximum absolute atomic E-state index is 10.9. The van der Waals surface area contributed by atoms with Crippen molar-refractivity contribution in [1.82, 2.24) is 4.90 Å². The lowest BCUT2D eigenvalue weighted by atomic mass is 10.2. The number of nitrogens with zero attached hydrogens (tertiary/aromatic N) is 1. The van der Waals surface area contributed by atoms with Crippen LogP contribution in [0.2, 0.25) is 0 Å². The van der Waals surface area contributed by atoms with E-state index in [1.54, 1.807) is 6.92 Å². The molecule has 0 aromatic heterocycles. The van der Waals surface area contributed by atoms with Gasteiger partial charge in [0.1, 0.15) is 5.78 Å². The lowest BCUT2D eigenvalue weighted by Gasteiger charge is -2.35. The molecule has 2 nitrogen and oxygen atoms in total. The molecule has 13 heavy (non-hydrogen) atoms. The monoisotopic (exact) mass is 203 g/mol. The van der Waals surface area contributed by atoms with Crippen LogP contribution in [0.3, 0.4) is 0 Å². The number of hydrogen-bond acceptors (Lipinski definition) is 3. The van der Waals surface area contributed by atoms with Crippen molar-refractivity contribution in [3.63, 3.8) is 0 Å². The van der Waals surface area contributed by atoms with Crippen LogP contribution < -0.4 is 0 Å². The van der Waals surface area contributed by atoms with Gasteiger partial charge in [0.25, 0.3) is 0 Å². The van der Waals surface area contributed by atoms with E-state index in [0.717, 1.165) is 0 Å². The number of ketones is 1. The summed E-state index contributed by atoms with van der Waals surface area (Å²) in [5.74, 6) is 0.200. The van der Waals surface area contributed by atoms with E-state index in [4.69, 9.17) is 0 Å². The predicted molar refractivity (Wildman–Crippen MR) is 60.2 cm³/mol. The summed E-state index contributed by atoms with van der Waals surface area (Å²) in [7, 11) is 0. The maximum atomic E-state index is 10.9. The number of Topliss-reactive ketones (excluding diaryl/α,β-unsaturated/α-hetero) is 1. The van der Waals surface area contributed by atoms with Gasteiger partial charge in [0, 0.05) is 18.5 Å². The Morgan fingerprint density at radius 2 is 1.62 bits per heavy atom. The van der Waals surface area contributed by atoms with E-state index < -0.39 is 0 Å². The lowest BCUT2D eigenvalue weighted by molar-refractivity contribution is -0.117. The average molecular weight is 203 g/mol. The molecule has 1 atom stereocenters. The fourth-order valence-corrected chi connectivity index (χ4v) is 2.44. The molecule has 78 valence electrons. The van der Waals surface area contributed by atoms with Crippen LogP contribution in [0.1, 0.15) is 41.0 Å². The molecule has 0 aliphatic rings. The highest BCUT2D eigenvalue weighted by atomic mass is 32.1. The van der Waals surface area contributed by atoms with Gasteiger partial charge in [-0.15, -0.1) is 0 Å². The standard InChI is InChI=1S/C10H21NOS/c1-7(2)11(8(3)4)10(13)6-9(5)12/h7-8,10,13H,6H2,1-5H3. The van der Waals surface area contributed by atoms with E-state index in [9.17, 15) is 4.79 Å². The minimum atomic E-state index is 0.0532. The van der Waals surface area contributed by atoms with E-state index in [1.165, 1.54) is 0 Å². The zero-order valence-electron chi connectivity index (χ0n) is 9.24. The minimum absolute atomic E-state index is 0.0532. The molecule has 0 radical (unpaired) electrons. The Labute approximate surface area is 87.1 Å². The number of rotatable bonds is 5. The molecular formula is C10H21NOS. The van der Waals surface area contributed by atoms with Gasteiger partial charge in [-0.1, -0.05) is 0 Å². The van der Waals surface area contributed by atoms with Gasteiger partial charge in [-0.05, 0) is 34.6 Å². The second-order valence-corrected chi connectivity index (χ2v) is 4.62. The summed E-state index contributed by atoms with van der Waals surface area (Å²) < 4.78 is 0. The van der Waals surface area contributed by atoms with Crippen LogP contribution in [0, 0.1) is 0 Å². The second kappa shape index (κ2) is 5.66. The van der Waals surface area contributed by atoms with Gasteiger partial charge in [-0.2, -0.15) is 12.6 Å². The van der Waals surface area contributed by atoms with E-state index in [2.05, 4.69) is 45.2 Å². The van der Waals surface area contributed by atoms with Crippen molar-refractivity contribution in [2.75, 3.05) is 0 Å². The van der Waals surface area contributed by atoms with Crippen molar-refractivity contribution < 1.29 is 4.79 Å². The minimum Gasteiger partial charge on any atom is -0.300 e. The van der Waals surface area contributed by atoms with Crippen molar-refractivity contribution in [3.8, 4) is 0 Å². The van der Waals surface area contributed by atoms with Crippen LogP contribution in [0.4, 0.5) is 0 Å². The fraction of sp³-hybridized carbons (Fsp3) is 0.900. The van der Waals surface area contributed by atoms with E-state index in [1.807, 2.05) is 0 Å². The Morgan fingerprint density at radius 1 is 1.23 bits per heavy atom. The summed E-state index contributed by atoms with van der Waals surface area (Å²) in [5, 5.41) is 0.0532. The van der Waals surface area contributed by atoms with Gasteiger partial charge in [0.2, 0.25) is 0 Å². The summed E-state index contributed by atoms with van der Waals surface area (Å²) >= 11 is 4.45. The molecule has 0 bridgehead atoms. The SMILES string of the molecule is CC(=O)CC(S)N(C(C)C)C(C)C. The van der Waals surface area contributed by atoms with Gasteiger partial charge in [0.15, 0.2) is 0 Å². The van der Waals surface area contributed by atoms with Crippen LogP contribution in [-0.4, -0.2) is 28.1 Å². The number of carbonyl (C=O) groups is 1. The molecule has 0 saturated carbocycles. The highest BCUT2D eigenvalue weighted by Gasteiger charge is 2.21. The maximum Gasteiger partial charge on any atom is 0.132 e. The average Bonchev–Trinajstić information content (AvgIpc) is 1.81. The van der Waals surface area contributed by atoms with Crippen LogP contribution in [-0.2, 0) is 4.79 Å². The van der Waals surface area contributed by atoms with Crippen molar-refractivity contribution in [3.05, 3.63) is 0 Å². The molecule has 0 heterocycles. The lowest BCUT2D eigenvalue weighted by Crippen LogP contribution is -2.43. The van der Waals surface area contributed by atoms with E-state index in [0.29, 0.717) is 18.5 Å². The van der Waals surface area contributed by atoms with Crippen LogP contribution >= 0.6 is 12.6 Å². The predicted octanol–water partition coefficient (Wildman–Crippen LogP) is 2.34. The molecule has 0 aromatic rings. The molecule has 0 aliphatic carbocycles. The smallest absolute Gasteiger partial charge is 0.132 e. The first kappa shape index (κ1) is 13.0. The van der Waals surface area contributed by atoms with Gasteiger partial charge < -0.3 is 0 Å². The van der Waals surface area contributed by atoms with Crippen molar-refractivity contribution in [2.45, 2.75) is 58.5 Å². The van der Waals surface area contributed by atoms with Crippen LogP contribution in [0.5, 0.6) is 0 Å². The highest BCUT2D eigenvalue weighted by Crippen LogP contribution is 2.16. The summed E-state index contributed by atoms with van der Waals surface area (Å²) in [6, 6.07) is 0.865. The quantitative estimate of drug-likeness (QED) is 0.547. The molecule has 0 rings (SSSR count). The first-order valence-electron chi connectivity index (χ1n) is 4.81. The number of thiol groups is 1. The Morgan fingerprint density at radius 3 is 1.85 bits per heavy atom. The van der Waals surface area contributed by atoms with Gasteiger partial charge in [0.05, 0.1) is 5.37 Å². The fourth-order valence-electron chi connectivity index (χ4n) is 1.65. The Kier molecular flexibility index (Phi) is 5.65. The Balaban J connectivity index is 4.28. The van der Waals surface area contributed by atoms with Gasteiger partial charge in [-0.3, -0.25) is 9.69 Å². The highest BCUT2D eigenvalue weighted by molar-refractivity contribution is 7.80. The van der Waals surface area contributed by atoms with Crippen molar-refractivity contribution in [1.29, 1.82) is 0 Å². The summed E-state index contributed by atoms with van der Waals surface area (Å²) in [4.78, 5) is 13.2. The molecule has 0 saturated heterocycles. The molecule has 0 aromatic carbocycles. The van der Waals surface area contributed by atoms with Gasteiger partial charge in [-0.25, -0.2) is 0 Å². The van der Waals surface area contributed by atoms with Crippen LogP contribution in [0.15, 0.2) is 0 Å². The Hall–Kier alpha value is -0.0200. The third-order valence-corrected chi connectivity index (χ3v) is 2.46. The van der Waals surface area contributed by atoms with Crippen molar-refractivity contribution >= 4 is 18.4 Å². The molecule has 0 amide bonds. The third-order valence-electron chi connectivity index (χ3n) is 2.01. The summed E-state index contributed by atoms with van der Waals surface area (Å²) in [6.45, 7) is 10.1. The molecule has 0 fully saturated rings. The zero-order valence-corrected chi connectivity index (χ0v) is 10.1. The van der Waals surface area contributed by atoms with Crippen LogP contribution in [0.25, 0.3) is 0 Å². The van der Waals surface area contributed by atoms with Crippen molar-refractivity contribution in [2.24, 2.45) is 0 Å². The third kappa shape index (κ3) is 4.67.